The lowest BCUT2D eigenvalue weighted by Crippen LogP contribution is -2.35. The maximum absolute atomic E-state index is 9.73. The van der Waals surface area contributed by atoms with Gasteiger partial charge in [0.15, 0.2) is 11.5 Å². The first-order chi connectivity index (χ1) is 15.2. The Labute approximate surface area is 183 Å². The highest BCUT2D eigenvalue weighted by Gasteiger charge is 2.30. The minimum absolute atomic E-state index is 0.0427. The summed E-state index contributed by atoms with van der Waals surface area (Å²) in [5.41, 5.74) is 5.72. The summed E-state index contributed by atoms with van der Waals surface area (Å²) in [5, 5.41) is 9.73. The zero-order chi connectivity index (χ0) is 21.8. The van der Waals surface area contributed by atoms with Crippen molar-refractivity contribution in [2.24, 2.45) is 0 Å². The third-order valence-corrected chi connectivity index (χ3v) is 5.99. The quantitative estimate of drug-likeness (QED) is 0.617. The van der Waals surface area contributed by atoms with E-state index in [0.717, 1.165) is 42.1 Å². The van der Waals surface area contributed by atoms with Crippen molar-refractivity contribution in [2.45, 2.75) is 25.6 Å². The summed E-state index contributed by atoms with van der Waals surface area (Å²) >= 11 is 0. The van der Waals surface area contributed by atoms with Gasteiger partial charge in [0.1, 0.15) is 5.75 Å². The fourth-order valence-electron chi connectivity index (χ4n) is 4.48. The Morgan fingerprint density at radius 3 is 2.26 bits per heavy atom. The van der Waals surface area contributed by atoms with E-state index in [1.165, 1.54) is 16.7 Å². The summed E-state index contributed by atoms with van der Waals surface area (Å²) in [6, 6.07) is 20.9. The van der Waals surface area contributed by atoms with Crippen molar-refractivity contribution in [3.05, 3.63) is 88.5 Å². The highest BCUT2D eigenvalue weighted by molar-refractivity contribution is 5.51. The fourth-order valence-corrected chi connectivity index (χ4v) is 4.48. The average molecular weight is 420 g/mol. The van der Waals surface area contributed by atoms with Gasteiger partial charge in [-0.3, -0.25) is 4.90 Å². The van der Waals surface area contributed by atoms with Gasteiger partial charge in [-0.15, -0.1) is 0 Å². The summed E-state index contributed by atoms with van der Waals surface area (Å²) in [6.45, 7) is 1.64. The third kappa shape index (κ3) is 4.24. The minimum Gasteiger partial charge on any atom is -0.496 e. The van der Waals surface area contributed by atoms with Gasteiger partial charge in [0, 0.05) is 18.7 Å². The van der Waals surface area contributed by atoms with Crippen LogP contribution in [0.15, 0.2) is 60.7 Å². The molecule has 0 saturated heterocycles. The number of hydrogen-bond donors (Lipinski definition) is 1. The zero-order valence-corrected chi connectivity index (χ0v) is 18.3. The van der Waals surface area contributed by atoms with Crippen LogP contribution >= 0.6 is 0 Å². The third-order valence-electron chi connectivity index (χ3n) is 5.99. The van der Waals surface area contributed by atoms with Crippen LogP contribution in [0.5, 0.6) is 17.2 Å². The first-order valence-corrected chi connectivity index (χ1v) is 10.5. The van der Waals surface area contributed by atoms with Gasteiger partial charge >= 0.3 is 0 Å². The molecular formula is C26H29NO4. The smallest absolute Gasteiger partial charge is 0.161 e. The molecule has 3 aromatic rings. The van der Waals surface area contributed by atoms with Gasteiger partial charge in [0.25, 0.3) is 0 Å². The maximum atomic E-state index is 9.73. The number of fused-ring (bicyclic) bond motifs is 1. The van der Waals surface area contributed by atoms with Gasteiger partial charge in [0.05, 0.1) is 34.0 Å². The lowest BCUT2D eigenvalue weighted by molar-refractivity contribution is 0.203. The first-order valence-electron chi connectivity index (χ1n) is 10.5. The number of benzene rings is 3. The van der Waals surface area contributed by atoms with Gasteiger partial charge in [-0.1, -0.05) is 36.4 Å². The molecule has 4 rings (SSSR count). The molecule has 1 aliphatic heterocycles. The van der Waals surface area contributed by atoms with Crippen LogP contribution in [0.2, 0.25) is 0 Å². The summed E-state index contributed by atoms with van der Waals surface area (Å²) in [4.78, 5) is 2.48. The molecule has 1 N–H and O–H groups in total. The molecule has 0 bridgehead atoms. The second-order valence-electron chi connectivity index (χ2n) is 7.74. The molecule has 0 aromatic heterocycles. The molecule has 162 valence electrons. The molecule has 0 amide bonds. The molecular weight excluding hydrogens is 390 g/mol. The van der Waals surface area contributed by atoms with E-state index in [4.69, 9.17) is 14.2 Å². The van der Waals surface area contributed by atoms with E-state index in [1.54, 1.807) is 21.3 Å². The molecule has 0 radical (unpaired) electrons. The fraction of sp³-hybridized carbons (Fsp3) is 0.308. The zero-order valence-electron chi connectivity index (χ0n) is 18.3. The number of ether oxygens (including phenoxy) is 3. The molecule has 1 aliphatic rings. The highest BCUT2D eigenvalue weighted by atomic mass is 16.5. The SMILES string of the molecule is COc1ccc(CN2CCc3cc(OC)c(OC)cc3[C@@H]2c2ccccc2)cc1CO. The van der Waals surface area contributed by atoms with E-state index in [2.05, 4.69) is 47.4 Å². The minimum atomic E-state index is -0.0427. The van der Waals surface area contributed by atoms with Gasteiger partial charge in [-0.2, -0.15) is 0 Å². The monoisotopic (exact) mass is 419 g/mol. The highest BCUT2D eigenvalue weighted by Crippen LogP contribution is 2.41. The number of aliphatic hydroxyl groups is 1. The Morgan fingerprint density at radius 2 is 1.58 bits per heavy atom. The summed E-state index contributed by atoms with van der Waals surface area (Å²) in [6.07, 6.45) is 0.933. The van der Waals surface area contributed by atoms with Crippen LogP contribution in [0, 0.1) is 0 Å². The number of rotatable bonds is 7. The number of hydrogen-bond acceptors (Lipinski definition) is 5. The van der Waals surface area contributed by atoms with Crippen LogP contribution in [-0.2, 0) is 19.6 Å². The Bertz CT molecular complexity index is 1040. The van der Waals surface area contributed by atoms with E-state index in [0.29, 0.717) is 5.75 Å². The Kier molecular flexibility index (Phi) is 6.44. The van der Waals surface area contributed by atoms with Crippen LogP contribution < -0.4 is 14.2 Å². The number of methoxy groups -OCH3 is 3. The van der Waals surface area contributed by atoms with Gasteiger partial charge < -0.3 is 19.3 Å². The topological polar surface area (TPSA) is 51.2 Å². The standard InChI is InChI=1S/C26H29NO4/c1-29-23-10-9-18(13-21(23)17-28)16-27-12-11-20-14-24(30-2)25(31-3)15-22(20)26(27)19-7-5-4-6-8-19/h4-10,13-15,26,28H,11-12,16-17H2,1-3H3/t26-/m0/s1. The van der Waals surface area contributed by atoms with Crippen molar-refractivity contribution >= 4 is 0 Å². The molecule has 1 heterocycles. The van der Waals surface area contributed by atoms with E-state index < -0.39 is 0 Å². The predicted octanol–water partition coefficient (Wildman–Crippen LogP) is 4.35. The molecule has 0 saturated carbocycles. The second kappa shape index (κ2) is 9.41. The first kappa shape index (κ1) is 21.2. The molecule has 1 atom stereocenters. The maximum Gasteiger partial charge on any atom is 0.161 e. The van der Waals surface area contributed by atoms with Gasteiger partial charge in [-0.25, -0.2) is 0 Å². The molecule has 5 nitrogen and oxygen atoms in total. The second-order valence-corrected chi connectivity index (χ2v) is 7.74. The molecule has 5 heteroatoms. The lowest BCUT2D eigenvalue weighted by atomic mass is 9.87. The van der Waals surface area contributed by atoms with E-state index in [-0.39, 0.29) is 12.6 Å². The van der Waals surface area contributed by atoms with Crippen molar-refractivity contribution in [3.63, 3.8) is 0 Å². The summed E-state index contributed by atoms with van der Waals surface area (Å²) < 4.78 is 16.5. The number of nitrogens with zero attached hydrogens (tertiary/aromatic N) is 1. The molecule has 0 aliphatic carbocycles. The van der Waals surface area contributed by atoms with Crippen LogP contribution in [0.1, 0.15) is 33.9 Å². The molecule has 0 spiro atoms. The Balaban J connectivity index is 1.75. The van der Waals surface area contributed by atoms with Crippen molar-refractivity contribution < 1.29 is 19.3 Å². The van der Waals surface area contributed by atoms with Crippen LogP contribution in [0.3, 0.4) is 0 Å². The summed E-state index contributed by atoms with van der Waals surface area (Å²) in [7, 11) is 4.98. The van der Waals surface area contributed by atoms with Crippen LogP contribution in [-0.4, -0.2) is 37.9 Å². The molecule has 3 aromatic carbocycles. The molecule has 0 fully saturated rings. The largest absolute Gasteiger partial charge is 0.496 e. The normalized spacial score (nSPS) is 15.9. The van der Waals surface area contributed by atoms with Crippen molar-refractivity contribution in [2.75, 3.05) is 27.9 Å². The van der Waals surface area contributed by atoms with Crippen molar-refractivity contribution in [1.82, 2.24) is 4.90 Å². The van der Waals surface area contributed by atoms with Crippen molar-refractivity contribution in [3.8, 4) is 17.2 Å². The summed E-state index contributed by atoms with van der Waals surface area (Å²) in [5.74, 6) is 2.23. The molecule has 0 unspecified atom stereocenters. The van der Waals surface area contributed by atoms with E-state index in [9.17, 15) is 5.11 Å². The predicted molar refractivity (Wildman–Crippen MR) is 121 cm³/mol. The van der Waals surface area contributed by atoms with E-state index in [1.807, 2.05) is 18.2 Å². The number of aliphatic hydroxyl groups excluding tert-OH is 1. The van der Waals surface area contributed by atoms with Crippen LogP contribution in [0.4, 0.5) is 0 Å². The van der Waals surface area contributed by atoms with Gasteiger partial charge in [0.2, 0.25) is 0 Å². The average Bonchev–Trinajstić information content (AvgIpc) is 2.83. The molecule has 31 heavy (non-hydrogen) atoms. The lowest BCUT2D eigenvalue weighted by Gasteiger charge is -2.38. The van der Waals surface area contributed by atoms with Gasteiger partial charge in [-0.05, 0) is 52.9 Å². The Morgan fingerprint density at radius 1 is 0.871 bits per heavy atom. The van der Waals surface area contributed by atoms with Crippen LogP contribution in [0.25, 0.3) is 0 Å². The van der Waals surface area contributed by atoms with Crippen molar-refractivity contribution in [1.29, 1.82) is 0 Å². The Hall–Kier alpha value is -3.02. The van der Waals surface area contributed by atoms with E-state index >= 15 is 0 Å².